The Kier molecular flexibility index (Phi) is 3.78. The second kappa shape index (κ2) is 5.55. The first-order valence-corrected chi connectivity index (χ1v) is 6.73. The van der Waals surface area contributed by atoms with Crippen molar-refractivity contribution in [1.82, 2.24) is 0 Å². The molecule has 0 bridgehead atoms. The van der Waals surface area contributed by atoms with Crippen molar-refractivity contribution >= 4 is 25.5 Å². The van der Waals surface area contributed by atoms with Crippen LogP contribution in [-0.4, -0.2) is 15.0 Å². The molecule has 2 aromatic rings. The Hall–Kier alpha value is -1.30. The zero-order chi connectivity index (χ0) is 10.3. The predicted molar refractivity (Wildman–Crippen MR) is 67.3 cm³/mol. The van der Waals surface area contributed by atoms with Crippen molar-refractivity contribution in [2.24, 2.45) is 0 Å². The summed E-state index contributed by atoms with van der Waals surface area (Å²) in [7, 11) is 0. The van der Waals surface area contributed by atoms with Crippen LogP contribution in [0.4, 0.5) is 0 Å². The summed E-state index contributed by atoms with van der Waals surface area (Å²) in [5, 5.41) is 0. The summed E-state index contributed by atoms with van der Waals surface area (Å²) in [6.45, 7) is 0. The molecule has 0 saturated heterocycles. The van der Waals surface area contributed by atoms with Crippen molar-refractivity contribution in [1.29, 1.82) is 0 Å². The maximum absolute atomic E-state index is 2.26. The summed E-state index contributed by atoms with van der Waals surface area (Å²) in [5.41, 5.74) is 1.27. The van der Waals surface area contributed by atoms with Crippen LogP contribution < -0.4 is 4.46 Å². The quantitative estimate of drug-likeness (QED) is 0.743. The Morgan fingerprint density at radius 2 is 1.33 bits per heavy atom. The molecule has 0 aromatic heterocycles. The molecule has 0 nitrogen and oxygen atoms in total. The zero-order valence-electron chi connectivity index (χ0n) is 8.34. The Labute approximate surface area is 96.8 Å². The van der Waals surface area contributed by atoms with E-state index in [0.717, 1.165) is 0 Å². The molecule has 0 spiro atoms. The van der Waals surface area contributed by atoms with Crippen LogP contribution in [0.5, 0.6) is 0 Å². The van der Waals surface area contributed by atoms with Crippen LogP contribution >= 0.6 is 0 Å². The van der Waals surface area contributed by atoms with Gasteiger partial charge in [-0.3, -0.25) is 0 Å². The van der Waals surface area contributed by atoms with Crippen LogP contribution in [0, 0.1) is 0 Å². The Morgan fingerprint density at radius 3 is 2.00 bits per heavy atom. The van der Waals surface area contributed by atoms with Crippen LogP contribution in [-0.2, 0) is 0 Å². The van der Waals surface area contributed by atoms with E-state index in [4.69, 9.17) is 0 Å². The number of rotatable bonds is 3. The van der Waals surface area contributed by atoms with Crippen molar-refractivity contribution in [2.75, 3.05) is 0 Å². The van der Waals surface area contributed by atoms with Crippen molar-refractivity contribution in [3.63, 3.8) is 0 Å². The van der Waals surface area contributed by atoms with Gasteiger partial charge in [-0.1, -0.05) is 0 Å². The van der Waals surface area contributed by atoms with Gasteiger partial charge in [-0.15, -0.1) is 0 Å². The summed E-state index contributed by atoms with van der Waals surface area (Å²) >= 11 is 0.442. The molecule has 0 heterocycles. The van der Waals surface area contributed by atoms with Crippen LogP contribution in [0.1, 0.15) is 5.56 Å². The second-order valence-corrected chi connectivity index (χ2v) is 5.20. The Morgan fingerprint density at radius 1 is 0.733 bits per heavy atom. The van der Waals surface area contributed by atoms with Gasteiger partial charge in [0.05, 0.1) is 0 Å². The molecular formula is C14H12Se. The molecule has 0 fully saturated rings. The van der Waals surface area contributed by atoms with E-state index in [1.807, 2.05) is 6.07 Å². The number of hydrogen-bond donors (Lipinski definition) is 0. The van der Waals surface area contributed by atoms with Gasteiger partial charge in [-0.2, -0.15) is 0 Å². The fourth-order valence-electron chi connectivity index (χ4n) is 1.25. The average molecular weight is 259 g/mol. The van der Waals surface area contributed by atoms with Gasteiger partial charge in [-0.05, 0) is 0 Å². The molecule has 15 heavy (non-hydrogen) atoms. The van der Waals surface area contributed by atoms with Crippen molar-refractivity contribution in [3.8, 4) is 0 Å². The number of benzene rings is 2. The SMILES string of the molecule is C(=Cc1ccccc1)[Se]c1ccccc1. The van der Waals surface area contributed by atoms with E-state index < -0.39 is 0 Å². The Bertz CT molecular complexity index is 418. The summed E-state index contributed by atoms with van der Waals surface area (Å²) in [6.07, 6.45) is 2.19. The van der Waals surface area contributed by atoms with E-state index in [1.165, 1.54) is 10.0 Å². The molecule has 0 amide bonds. The standard InChI is InChI=1S/C14H12Se/c1-3-7-13(8-4-1)11-12-15-14-9-5-2-6-10-14/h1-12H. The van der Waals surface area contributed by atoms with Gasteiger partial charge in [0.1, 0.15) is 0 Å². The van der Waals surface area contributed by atoms with E-state index in [-0.39, 0.29) is 0 Å². The third-order valence-corrected chi connectivity index (χ3v) is 3.72. The van der Waals surface area contributed by atoms with Gasteiger partial charge in [0.15, 0.2) is 0 Å². The van der Waals surface area contributed by atoms with Gasteiger partial charge in [-0.25, -0.2) is 0 Å². The predicted octanol–water partition coefficient (Wildman–Crippen LogP) is 2.69. The number of hydrogen-bond acceptors (Lipinski definition) is 0. The molecular weight excluding hydrogens is 247 g/mol. The molecule has 0 saturated carbocycles. The first-order chi connectivity index (χ1) is 7.45. The van der Waals surface area contributed by atoms with E-state index in [0.29, 0.717) is 15.0 Å². The molecule has 0 aliphatic heterocycles. The minimum atomic E-state index is 0.442. The van der Waals surface area contributed by atoms with E-state index in [1.54, 1.807) is 0 Å². The summed E-state index contributed by atoms with van der Waals surface area (Å²) in [5.74, 6) is 0. The van der Waals surface area contributed by atoms with Crippen molar-refractivity contribution in [2.45, 2.75) is 0 Å². The zero-order valence-corrected chi connectivity index (χ0v) is 10.0. The van der Waals surface area contributed by atoms with E-state index in [2.05, 4.69) is 65.6 Å². The molecule has 2 rings (SSSR count). The molecule has 2 aromatic carbocycles. The summed E-state index contributed by atoms with van der Waals surface area (Å²) < 4.78 is 1.41. The fourth-order valence-corrected chi connectivity index (χ4v) is 2.72. The van der Waals surface area contributed by atoms with Gasteiger partial charge in [0.2, 0.25) is 0 Å². The first-order valence-electron chi connectivity index (χ1n) is 4.88. The van der Waals surface area contributed by atoms with Crippen LogP contribution in [0.25, 0.3) is 6.08 Å². The van der Waals surface area contributed by atoms with Crippen LogP contribution in [0.15, 0.2) is 65.6 Å². The van der Waals surface area contributed by atoms with Gasteiger partial charge in [0.25, 0.3) is 0 Å². The Balaban J connectivity index is 1.97. The van der Waals surface area contributed by atoms with Crippen LogP contribution in [0.2, 0.25) is 0 Å². The third kappa shape index (κ3) is 3.39. The van der Waals surface area contributed by atoms with Crippen molar-refractivity contribution < 1.29 is 0 Å². The summed E-state index contributed by atoms with van der Waals surface area (Å²) in [4.78, 5) is 2.26. The molecule has 0 N–H and O–H groups in total. The molecule has 0 unspecified atom stereocenters. The van der Waals surface area contributed by atoms with Crippen molar-refractivity contribution in [3.05, 3.63) is 71.2 Å². The van der Waals surface area contributed by atoms with E-state index in [9.17, 15) is 0 Å². The average Bonchev–Trinajstić information content (AvgIpc) is 2.32. The molecule has 0 atom stereocenters. The normalized spacial score (nSPS) is 10.7. The molecule has 74 valence electrons. The first kappa shape index (κ1) is 10.2. The minimum absolute atomic E-state index is 0.442. The van der Waals surface area contributed by atoms with Gasteiger partial charge < -0.3 is 0 Å². The molecule has 0 aliphatic rings. The third-order valence-electron chi connectivity index (χ3n) is 2.01. The fraction of sp³-hybridized carbons (Fsp3) is 0. The van der Waals surface area contributed by atoms with Crippen LogP contribution in [0.3, 0.4) is 0 Å². The monoisotopic (exact) mass is 260 g/mol. The van der Waals surface area contributed by atoms with Gasteiger partial charge >= 0.3 is 96.7 Å². The maximum atomic E-state index is 2.26. The van der Waals surface area contributed by atoms with E-state index >= 15 is 0 Å². The molecule has 0 radical (unpaired) electrons. The molecule has 1 heteroatoms. The topological polar surface area (TPSA) is 0 Å². The summed E-state index contributed by atoms with van der Waals surface area (Å²) in [6, 6.07) is 21.0. The van der Waals surface area contributed by atoms with Gasteiger partial charge in [0, 0.05) is 0 Å². The second-order valence-electron chi connectivity index (χ2n) is 3.14. The molecule has 0 aliphatic carbocycles.